The van der Waals surface area contributed by atoms with Gasteiger partial charge in [-0.2, -0.15) is 0 Å². The first-order valence-electron chi connectivity index (χ1n) is 5.11. The Morgan fingerprint density at radius 3 is 2.21 bits per heavy atom. The maximum absolute atomic E-state index is 11.6. The van der Waals surface area contributed by atoms with Crippen LogP contribution in [-0.4, -0.2) is 26.2 Å². The maximum Gasteiger partial charge on any atom is 0.326 e. The number of rotatable bonds is 2. The number of phenolic OH excluding ortho intramolecular Hbond substituents is 2. The van der Waals surface area contributed by atoms with Gasteiger partial charge in [0.25, 0.3) is 0 Å². The first-order valence-corrected chi connectivity index (χ1v) is 5.91. The third-order valence-corrected chi connectivity index (χ3v) is 2.42. The lowest BCUT2D eigenvalue weighted by atomic mass is 10.3. The minimum atomic E-state index is -0.590. The van der Waals surface area contributed by atoms with Gasteiger partial charge in [-0.05, 0) is 15.9 Å². The molecule has 0 unspecified atom stereocenters. The molecule has 19 heavy (non-hydrogen) atoms. The number of urea groups is 1. The molecule has 0 spiro atoms. The van der Waals surface area contributed by atoms with Gasteiger partial charge in [0, 0.05) is 36.3 Å². The van der Waals surface area contributed by atoms with Gasteiger partial charge in [0.2, 0.25) is 5.95 Å². The van der Waals surface area contributed by atoms with Gasteiger partial charge in [-0.25, -0.2) is 14.8 Å². The van der Waals surface area contributed by atoms with Gasteiger partial charge in [-0.15, -0.1) is 0 Å². The zero-order chi connectivity index (χ0) is 13.8. The van der Waals surface area contributed by atoms with E-state index in [4.69, 9.17) is 0 Å². The van der Waals surface area contributed by atoms with Crippen molar-refractivity contribution in [3.8, 4) is 11.5 Å². The second-order valence-electron chi connectivity index (χ2n) is 3.54. The van der Waals surface area contributed by atoms with E-state index in [1.54, 1.807) is 0 Å². The Morgan fingerprint density at radius 1 is 1.05 bits per heavy atom. The van der Waals surface area contributed by atoms with Gasteiger partial charge < -0.3 is 15.5 Å². The van der Waals surface area contributed by atoms with Crippen molar-refractivity contribution in [1.29, 1.82) is 0 Å². The van der Waals surface area contributed by atoms with E-state index in [1.807, 2.05) is 0 Å². The third-order valence-electron chi connectivity index (χ3n) is 2.01. The number of carbonyl (C=O) groups is 1. The third kappa shape index (κ3) is 3.81. The minimum Gasteiger partial charge on any atom is -0.508 e. The maximum atomic E-state index is 11.6. The molecule has 4 N–H and O–H groups in total. The van der Waals surface area contributed by atoms with Crippen molar-refractivity contribution in [2.24, 2.45) is 0 Å². The SMILES string of the molecule is O=C(Nc1cc(O)cc(O)c1)Nc1ncc(Br)cn1. The van der Waals surface area contributed by atoms with E-state index in [2.05, 4.69) is 36.5 Å². The number of hydrogen-bond donors (Lipinski definition) is 4. The second-order valence-corrected chi connectivity index (χ2v) is 4.46. The van der Waals surface area contributed by atoms with Crippen LogP contribution in [0.5, 0.6) is 11.5 Å². The smallest absolute Gasteiger partial charge is 0.326 e. The number of amides is 2. The molecule has 0 aliphatic carbocycles. The normalized spacial score (nSPS) is 9.95. The summed E-state index contributed by atoms with van der Waals surface area (Å²) in [6.07, 6.45) is 2.98. The number of nitrogens with one attached hydrogen (secondary N) is 2. The number of anilines is 2. The molecule has 0 saturated carbocycles. The lowest BCUT2D eigenvalue weighted by Gasteiger charge is -2.07. The zero-order valence-electron chi connectivity index (χ0n) is 9.46. The Kier molecular flexibility index (Phi) is 3.81. The van der Waals surface area contributed by atoms with Gasteiger partial charge in [-0.1, -0.05) is 0 Å². The lowest BCUT2D eigenvalue weighted by molar-refractivity contribution is 0.262. The summed E-state index contributed by atoms with van der Waals surface area (Å²) in [5.41, 5.74) is 0.243. The zero-order valence-corrected chi connectivity index (χ0v) is 11.0. The van der Waals surface area contributed by atoms with Crippen LogP contribution in [0.4, 0.5) is 16.4 Å². The lowest BCUT2D eigenvalue weighted by Crippen LogP contribution is -2.20. The van der Waals surface area contributed by atoms with E-state index in [0.29, 0.717) is 4.47 Å². The molecule has 8 heteroatoms. The number of carbonyl (C=O) groups excluding carboxylic acids is 1. The summed E-state index contributed by atoms with van der Waals surface area (Å²) in [6, 6.07) is 3.15. The van der Waals surface area contributed by atoms with Crippen LogP contribution in [0.25, 0.3) is 0 Å². The van der Waals surface area contributed by atoms with Gasteiger partial charge >= 0.3 is 6.03 Å². The number of phenols is 2. The predicted molar refractivity (Wildman–Crippen MR) is 72.1 cm³/mol. The molecule has 0 aliphatic heterocycles. The molecule has 0 saturated heterocycles. The van der Waals surface area contributed by atoms with Crippen molar-refractivity contribution in [3.63, 3.8) is 0 Å². The van der Waals surface area contributed by atoms with Crippen molar-refractivity contribution in [2.75, 3.05) is 10.6 Å². The molecule has 1 aromatic carbocycles. The van der Waals surface area contributed by atoms with E-state index in [-0.39, 0.29) is 23.1 Å². The standard InChI is InChI=1S/C11H9BrN4O3/c12-6-4-13-10(14-5-6)16-11(19)15-7-1-8(17)3-9(18)2-7/h1-5,17-18H,(H2,13,14,15,16,19). The van der Waals surface area contributed by atoms with Gasteiger partial charge in [0.05, 0.1) is 4.47 Å². The molecule has 2 aromatic rings. The molecule has 98 valence electrons. The number of benzene rings is 1. The molecule has 2 amide bonds. The van der Waals surface area contributed by atoms with Crippen LogP contribution in [0.2, 0.25) is 0 Å². The van der Waals surface area contributed by atoms with Crippen LogP contribution in [0.3, 0.4) is 0 Å². The summed E-state index contributed by atoms with van der Waals surface area (Å²) in [5, 5.41) is 23.4. The minimum absolute atomic E-state index is 0.130. The number of aromatic hydroxyl groups is 2. The Bertz CT molecular complexity index is 583. The summed E-state index contributed by atoms with van der Waals surface area (Å²) in [7, 11) is 0. The van der Waals surface area contributed by atoms with Crippen LogP contribution in [0.1, 0.15) is 0 Å². The molecule has 7 nitrogen and oxygen atoms in total. The van der Waals surface area contributed by atoms with Gasteiger partial charge in [-0.3, -0.25) is 5.32 Å². The van der Waals surface area contributed by atoms with Crippen molar-refractivity contribution < 1.29 is 15.0 Å². The van der Waals surface area contributed by atoms with Crippen LogP contribution in [0.15, 0.2) is 35.1 Å². The Balaban J connectivity index is 2.03. The largest absolute Gasteiger partial charge is 0.508 e. The predicted octanol–water partition coefficient (Wildman–Crippen LogP) is 2.29. The molecule has 1 aromatic heterocycles. The molecule has 0 fully saturated rings. The fourth-order valence-electron chi connectivity index (χ4n) is 1.31. The number of aromatic nitrogens is 2. The Morgan fingerprint density at radius 2 is 1.63 bits per heavy atom. The van der Waals surface area contributed by atoms with Crippen LogP contribution in [0, 0.1) is 0 Å². The van der Waals surface area contributed by atoms with Crippen molar-refractivity contribution in [3.05, 3.63) is 35.1 Å². The highest BCUT2D eigenvalue weighted by molar-refractivity contribution is 9.10. The highest BCUT2D eigenvalue weighted by Gasteiger charge is 2.06. The van der Waals surface area contributed by atoms with Crippen LogP contribution in [-0.2, 0) is 0 Å². The van der Waals surface area contributed by atoms with E-state index < -0.39 is 6.03 Å². The van der Waals surface area contributed by atoms with Gasteiger partial charge in [0.15, 0.2) is 0 Å². The summed E-state index contributed by atoms with van der Waals surface area (Å²) >= 11 is 3.17. The van der Waals surface area contributed by atoms with Crippen molar-refractivity contribution in [1.82, 2.24) is 9.97 Å². The van der Waals surface area contributed by atoms with Crippen molar-refractivity contribution >= 4 is 33.6 Å². The van der Waals surface area contributed by atoms with E-state index in [0.717, 1.165) is 6.07 Å². The first-order chi connectivity index (χ1) is 9.02. The average Bonchev–Trinajstić information content (AvgIpc) is 2.30. The Labute approximate surface area is 116 Å². The molecule has 0 aliphatic rings. The Hall–Kier alpha value is -2.35. The summed E-state index contributed by atoms with van der Waals surface area (Å²) in [5.74, 6) is -0.185. The summed E-state index contributed by atoms with van der Waals surface area (Å²) < 4.78 is 0.691. The molecular formula is C11H9BrN4O3. The highest BCUT2D eigenvalue weighted by atomic mass is 79.9. The average molecular weight is 325 g/mol. The topological polar surface area (TPSA) is 107 Å². The molecular weight excluding hydrogens is 316 g/mol. The molecule has 0 radical (unpaired) electrons. The second kappa shape index (κ2) is 5.53. The molecule has 0 bridgehead atoms. The highest BCUT2D eigenvalue weighted by Crippen LogP contribution is 2.23. The summed E-state index contributed by atoms with van der Waals surface area (Å²) in [4.78, 5) is 19.3. The van der Waals surface area contributed by atoms with Crippen LogP contribution >= 0.6 is 15.9 Å². The molecule has 2 rings (SSSR count). The number of nitrogens with zero attached hydrogens (tertiary/aromatic N) is 2. The van der Waals surface area contributed by atoms with Crippen molar-refractivity contribution in [2.45, 2.75) is 0 Å². The number of halogens is 1. The monoisotopic (exact) mass is 324 g/mol. The van der Waals surface area contributed by atoms with Gasteiger partial charge in [0.1, 0.15) is 11.5 Å². The quantitative estimate of drug-likeness (QED) is 0.678. The molecule has 0 atom stereocenters. The summed E-state index contributed by atoms with van der Waals surface area (Å²) in [6.45, 7) is 0. The first kappa shape index (κ1) is 13.1. The van der Waals surface area contributed by atoms with Crippen LogP contribution < -0.4 is 10.6 Å². The van der Waals surface area contributed by atoms with E-state index in [1.165, 1.54) is 24.5 Å². The van der Waals surface area contributed by atoms with E-state index >= 15 is 0 Å². The fraction of sp³-hybridized carbons (Fsp3) is 0. The number of hydrogen-bond acceptors (Lipinski definition) is 5. The van der Waals surface area contributed by atoms with E-state index in [9.17, 15) is 15.0 Å². The fourth-order valence-corrected chi connectivity index (χ4v) is 1.51. The molecule has 1 heterocycles.